The van der Waals surface area contributed by atoms with Gasteiger partial charge in [-0.3, -0.25) is 0 Å². The minimum Gasteiger partial charge on any atom is -0.497 e. The summed E-state index contributed by atoms with van der Waals surface area (Å²) in [5, 5.41) is 0. The summed E-state index contributed by atoms with van der Waals surface area (Å²) in [6.07, 6.45) is 2.00. The molecular formula is C12H14O. The summed E-state index contributed by atoms with van der Waals surface area (Å²) in [6, 6.07) is 10.1. The van der Waals surface area contributed by atoms with Crippen LogP contribution in [0.25, 0.3) is 5.57 Å². The molecule has 0 bridgehead atoms. The zero-order chi connectivity index (χ0) is 9.68. The molecule has 0 aliphatic rings. The Morgan fingerprint density at radius 3 is 2.38 bits per heavy atom. The van der Waals surface area contributed by atoms with Crippen LogP contribution in [0.2, 0.25) is 0 Å². The Kier molecular flexibility index (Phi) is 3.32. The first-order chi connectivity index (χ1) is 6.29. The van der Waals surface area contributed by atoms with E-state index in [1.165, 1.54) is 0 Å². The van der Waals surface area contributed by atoms with Crippen LogP contribution in [0.5, 0.6) is 0 Å². The van der Waals surface area contributed by atoms with Crippen molar-refractivity contribution in [1.29, 1.82) is 0 Å². The fourth-order valence-electron chi connectivity index (χ4n) is 1.22. The van der Waals surface area contributed by atoms with Gasteiger partial charge in [-0.2, -0.15) is 0 Å². The van der Waals surface area contributed by atoms with Gasteiger partial charge in [0, 0.05) is 5.57 Å². The first kappa shape index (κ1) is 9.59. The van der Waals surface area contributed by atoms with E-state index in [-0.39, 0.29) is 0 Å². The van der Waals surface area contributed by atoms with Crippen LogP contribution in [0.15, 0.2) is 48.7 Å². The summed E-state index contributed by atoms with van der Waals surface area (Å²) in [4.78, 5) is 0. The highest BCUT2D eigenvalue weighted by atomic mass is 16.5. The predicted octanol–water partition coefficient (Wildman–Crippen LogP) is 3.25. The molecule has 0 atom stereocenters. The van der Waals surface area contributed by atoms with Crippen molar-refractivity contribution >= 4 is 5.57 Å². The number of ether oxygens (including phenoxy) is 1. The van der Waals surface area contributed by atoms with Gasteiger partial charge in [-0.25, -0.2) is 0 Å². The molecule has 0 N–H and O–H groups in total. The molecule has 1 aromatic rings. The van der Waals surface area contributed by atoms with E-state index >= 15 is 0 Å². The van der Waals surface area contributed by atoms with Crippen molar-refractivity contribution in [3.63, 3.8) is 0 Å². The number of allylic oxidation sites excluding steroid dienone is 2. The van der Waals surface area contributed by atoms with Gasteiger partial charge in [-0.15, -0.1) is 0 Å². The van der Waals surface area contributed by atoms with Crippen LogP contribution in [-0.2, 0) is 4.74 Å². The van der Waals surface area contributed by atoms with Crippen LogP contribution < -0.4 is 0 Å². The molecule has 0 saturated heterocycles. The highest BCUT2D eigenvalue weighted by Gasteiger charge is 2.03. The maximum Gasteiger partial charge on any atom is 0.119 e. The molecule has 0 aliphatic heterocycles. The number of hydrogen-bond acceptors (Lipinski definition) is 1. The van der Waals surface area contributed by atoms with Crippen LogP contribution >= 0.6 is 0 Å². The summed E-state index contributed by atoms with van der Waals surface area (Å²) in [6.45, 7) is 5.81. The molecule has 0 spiro atoms. The van der Waals surface area contributed by atoms with Gasteiger partial charge in [0.05, 0.1) is 7.11 Å². The van der Waals surface area contributed by atoms with Crippen LogP contribution in [0.4, 0.5) is 0 Å². The lowest BCUT2D eigenvalue weighted by Gasteiger charge is -2.08. The zero-order valence-corrected chi connectivity index (χ0v) is 8.08. The maximum absolute atomic E-state index is 5.09. The lowest BCUT2D eigenvalue weighted by Crippen LogP contribution is -1.90. The Morgan fingerprint density at radius 2 is 1.92 bits per heavy atom. The second-order valence-corrected chi connectivity index (χ2v) is 2.70. The quantitative estimate of drug-likeness (QED) is 0.505. The Bertz CT molecular complexity index is 309. The second-order valence-electron chi connectivity index (χ2n) is 2.70. The van der Waals surface area contributed by atoms with Crippen LogP contribution in [-0.4, -0.2) is 7.11 Å². The van der Waals surface area contributed by atoms with E-state index in [2.05, 4.69) is 6.58 Å². The van der Waals surface area contributed by atoms with Crippen molar-refractivity contribution in [3.8, 4) is 0 Å². The Labute approximate surface area is 79.4 Å². The SMILES string of the molecule is C=C(OC)/C(=C\C)c1ccccc1. The van der Waals surface area contributed by atoms with Gasteiger partial charge in [0.1, 0.15) is 5.76 Å². The molecule has 68 valence electrons. The first-order valence-electron chi connectivity index (χ1n) is 4.24. The molecule has 0 fully saturated rings. The van der Waals surface area contributed by atoms with E-state index in [4.69, 9.17) is 4.74 Å². The number of methoxy groups -OCH3 is 1. The van der Waals surface area contributed by atoms with Crippen molar-refractivity contribution in [1.82, 2.24) is 0 Å². The topological polar surface area (TPSA) is 9.23 Å². The normalized spacial score (nSPS) is 11.1. The van der Waals surface area contributed by atoms with E-state index < -0.39 is 0 Å². The molecule has 0 aliphatic carbocycles. The van der Waals surface area contributed by atoms with Gasteiger partial charge in [-0.05, 0) is 12.5 Å². The number of benzene rings is 1. The average Bonchev–Trinajstić information content (AvgIpc) is 2.20. The third kappa shape index (κ3) is 2.22. The third-order valence-electron chi connectivity index (χ3n) is 1.92. The van der Waals surface area contributed by atoms with E-state index in [1.807, 2.05) is 43.3 Å². The van der Waals surface area contributed by atoms with Crippen molar-refractivity contribution in [2.24, 2.45) is 0 Å². The number of hydrogen-bond donors (Lipinski definition) is 0. The van der Waals surface area contributed by atoms with Gasteiger partial charge >= 0.3 is 0 Å². The summed E-state index contributed by atoms with van der Waals surface area (Å²) in [5.41, 5.74) is 2.18. The molecule has 1 aromatic carbocycles. The molecule has 0 aromatic heterocycles. The molecule has 0 heterocycles. The van der Waals surface area contributed by atoms with E-state index in [0.29, 0.717) is 5.76 Å². The minimum atomic E-state index is 0.703. The van der Waals surface area contributed by atoms with Crippen LogP contribution in [0, 0.1) is 0 Å². The van der Waals surface area contributed by atoms with E-state index in [0.717, 1.165) is 11.1 Å². The minimum absolute atomic E-state index is 0.703. The Hall–Kier alpha value is -1.50. The van der Waals surface area contributed by atoms with E-state index in [1.54, 1.807) is 7.11 Å². The highest BCUT2D eigenvalue weighted by Crippen LogP contribution is 2.21. The van der Waals surface area contributed by atoms with Crippen molar-refractivity contribution in [3.05, 3.63) is 54.3 Å². The summed E-state index contributed by atoms with van der Waals surface area (Å²) < 4.78 is 5.09. The lowest BCUT2D eigenvalue weighted by molar-refractivity contribution is 0.313. The van der Waals surface area contributed by atoms with Crippen molar-refractivity contribution in [2.45, 2.75) is 6.92 Å². The number of rotatable bonds is 3. The smallest absolute Gasteiger partial charge is 0.119 e. The van der Waals surface area contributed by atoms with E-state index in [9.17, 15) is 0 Å². The first-order valence-corrected chi connectivity index (χ1v) is 4.24. The third-order valence-corrected chi connectivity index (χ3v) is 1.92. The fraction of sp³-hybridized carbons (Fsp3) is 0.167. The monoisotopic (exact) mass is 174 g/mol. The molecular weight excluding hydrogens is 160 g/mol. The molecule has 0 radical (unpaired) electrons. The second kappa shape index (κ2) is 4.51. The van der Waals surface area contributed by atoms with Gasteiger partial charge in [0.25, 0.3) is 0 Å². The zero-order valence-electron chi connectivity index (χ0n) is 8.08. The molecule has 0 saturated carbocycles. The molecule has 0 unspecified atom stereocenters. The molecule has 1 rings (SSSR count). The fourth-order valence-corrected chi connectivity index (χ4v) is 1.22. The summed E-state index contributed by atoms with van der Waals surface area (Å²) in [5.74, 6) is 0.703. The van der Waals surface area contributed by atoms with Gasteiger partial charge in [0.15, 0.2) is 0 Å². The largest absolute Gasteiger partial charge is 0.497 e. The van der Waals surface area contributed by atoms with Crippen molar-refractivity contribution < 1.29 is 4.74 Å². The van der Waals surface area contributed by atoms with Crippen LogP contribution in [0.1, 0.15) is 12.5 Å². The Balaban J connectivity index is 3.00. The molecule has 0 amide bonds. The highest BCUT2D eigenvalue weighted by molar-refractivity contribution is 5.76. The lowest BCUT2D eigenvalue weighted by atomic mass is 10.0. The summed E-state index contributed by atoms with van der Waals surface area (Å²) in [7, 11) is 1.63. The Morgan fingerprint density at radius 1 is 1.31 bits per heavy atom. The molecule has 1 heteroatoms. The van der Waals surface area contributed by atoms with Crippen LogP contribution in [0.3, 0.4) is 0 Å². The van der Waals surface area contributed by atoms with Gasteiger partial charge in [-0.1, -0.05) is 43.0 Å². The van der Waals surface area contributed by atoms with Gasteiger partial charge < -0.3 is 4.74 Å². The molecule has 1 nitrogen and oxygen atoms in total. The standard InChI is InChI=1S/C12H14O/c1-4-12(10(2)13-3)11-8-6-5-7-9-11/h4-9H,2H2,1,3H3/b12-4+. The predicted molar refractivity (Wildman–Crippen MR) is 56.2 cm³/mol. The maximum atomic E-state index is 5.09. The molecule has 13 heavy (non-hydrogen) atoms. The average molecular weight is 174 g/mol. The summed E-state index contributed by atoms with van der Waals surface area (Å²) >= 11 is 0. The van der Waals surface area contributed by atoms with Crippen molar-refractivity contribution in [2.75, 3.05) is 7.11 Å². The van der Waals surface area contributed by atoms with Gasteiger partial charge in [0.2, 0.25) is 0 Å².